The number of hydrogen-bond acceptors (Lipinski definition) is 4. The Bertz CT molecular complexity index is 383. The van der Waals surface area contributed by atoms with E-state index in [0.29, 0.717) is 23.3 Å². The third kappa shape index (κ3) is 1.58. The largest absolute Gasteiger partial charge is 0.493 e. The minimum absolute atomic E-state index is 0.321. The van der Waals surface area contributed by atoms with E-state index in [9.17, 15) is 0 Å². The number of ether oxygens (including phenoxy) is 1. The van der Waals surface area contributed by atoms with Crippen molar-refractivity contribution >= 4 is 11.6 Å². The molecule has 0 fully saturated rings. The van der Waals surface area contributed by atoms with Crippen LogP contribution in [-0.2, 0) is 5.88 Å². The molecule has 0 bridgehead atoms. The fraction of sp³-hybridized carbons (Fsp3) is 0.250. The molecule has 14 heavy (non-hydrogen) atoms. The second-order valence-corrected chi connectivity index (χ2v) is 2.85. The monoisotopic (exact) mass is 213 g/mol. The number of hydrogen-bond donors (Lipinski definition) is 0. The first-order chi connectivity index (χ1) is 6.83. The highest BCUT2D eigenvalue weighted by molar-refractivity contribution is 6.16. The van der Waals surface area contributed by atoms with Crippen molar-refractivity contribution in [1.82, 2.24) is 14.8 Å². The van der Waals surface area contributed by atoms with Crippen molar-refractivity contribution in [2.45, 2.75) is 5.88 Å². The van der Waals surface area contributed by atoms with Crippen LogP contribution in [0.15, 0.2) is 23.1 Å². The summed E-state index contributed by atoms with van der Waals surface area (Å²) in [5, 5.41) is 4.00. The smallest absolute Gasteiger partial charge is 0.323 e. The summed E-state index contributed by atoms with van der Waals surface area (Å²) in [6.45, 7) is 0. The van der Waals surface area contributed by atoms with Gasteiger partial charge in [0, 0.05) is 0 Å². The van der Waals surface area contributed by atoms with Gasteiger partial charge in [-0.05, 0) is 0 Å². The molecule has 2 aromatic rings. The topological polar surface area (TPSA) is 53.1 Å². The maximum Gasteiger partial charge on any atom is 0.323 e. The number of oxazole rings is 1. The molecule has 0 aromatic carbocycles. The molecule has 0 unspecified atom stereocenters. The minimum Gasteiger partial charge on any atom is -0.493 e. The molecule has 0 saturated heterocycles. The zero-order chi connectivity index (χ0) is 9.97. The molecule has 2 aromatic heterocycles. The molecule has 0 spiro atoms. The van der Waals surface area contributed by atoms with Crippen LogP contribution in [0.25, 0.3) is 6.01 Å². The maximum absolute atomic E-state index is 5.58. The Morgan fingerprint density at radius 1 is 1.64 bits per heavy atom. The first-order valence-electron chi connectivity index (χ1n) is 3.93. The highest BCUT2D eigenvalue weighted by Gasteiger charge is 2.07. The minimum atomic E-state index is 0.321. The summed E-state index contributed by atoms with van der Waals surface area (Å²) in [4.78, 5) is 4.09. The maximum atomic E-state index is 5.58. The Morgan fingerprint density at radius 2 is 2.50 bits per heavy atom. The molecular formula is C8H8ClN3O2. The molecule has 0 aliphatic heterocycles. The summed E-state index contributed by atoms with van der Waals surface area (Å²) in [7, 11) is 1.57. The van der Waals surface area contributed by atoms with Crippen LogP contribution in [0.5, 0.6) is 5.75 Å². The van der Waals surface area contributed by atoms with Gasteiger partial charge in [0.1, 0.15) is 6.26 Å². The third-order valence-electron chi connectivity index (χ3n) is 1.67. The van der Waals surface area contributed by atoms with E-state index in [2.05, 4.69) is 10.1 Å². The average molecular weight is 214 g/mol. The Kier molecular flexibility index (Phi) is 2.41. The van der Waals surface area contributed by atoms with E-state index in [4.69, 9.17) is 20.8 Å². The predicted molar refractivity (Wildman–Crippen MR) is 49.7 cm³/mol. The van der Waals surface area contributed by atoms with E-state index in [1.807, 2.05) is 0 Å². The van der Waals surface area contributed by atoms with Crippen LogP contribution in [0.1, 0.15) is 5.69 Å². The molecule has 5 nitrogen and oxygen atoms in total. The van der Waals surface area contributed by atoms with Gasteiger partial charge in [-0.2, -0.15) is 14.8 Å². The van der Waals surface area contributed by atoms with E-state index in [0.717, 1.165) is 0 Å². The van der Waals surface area contributed by atoms with Gasteiger partial charge in [0.15, 0.2) is 5.75 Å². The Balaban J connectivity index is 2.29. The van der Waals surface area contributed by atoms with Gasteiger partial charge in [-0.3, -0.25) is 0 Å². The number of aromatic nitrogens is 3. The van der Waals surface area contributed by atoms with Crippen molar-refractivity contribution < 1.29 is 9.15 Å². The van der Waals surface area contributed by atoms with Crippen LogP contribution in [0.2, 0.25) is 0 Å². The van der Waals surface area contributed by atoms with Crippen molar-refractivity contribution in [2.75, 3.05) is 7.11 Å². The molecule has 0 atom stereocenters. The van der Waals surface area contributed by atoms with Gasteiger partial charge in [-0.15, -0.1) is 11.6 Å². The lowest BCUT2D eigenvalue weighted by Crippen LogP contribution is -1.94. The Labute approximate surface area is 85.3 Å². The Hall–Kier alpha value is -1.49. The quantitative estimate of drug-likeness (QED) is 0.727. The SMILES string of the molecule is COc1cnn(-c2nc(CCl)co2)c1. The molecular weight excluding hydrogens is 206 g/mol. The lowest BCUT2D eigenvalue weighted by Gasteiger charge is -1.91. The van der Waals surface area contributed by atoms with Crippen LogP contribution in [-0.4, -0.2) is 21.9 Å². The number of rotatable bonds is 3. The predicted octanol–water partition coefficient (Wildman–Crippen LogP) is 1.61. The standard InChI is InChI=1S/C8H8ClN3O2/c1-13-7-3-10-12(4-7)8-11-6(2-9)5-14-8/h3-5H,2H2,1H3. The van der Waals surface area contributed by atoms with Crippen molar-refractivity contribution in [2.24, 2.45) is 0 Å². The summed E-state index contributed by atoms with van der Waals surface area (Å²) in [5.74, 6) is 0.970. The zero-order valence-corrected chi connectivity index (χ0v) is 8.23. The van der Waals surface area contributed by atoms with Crippen molar-refractivity contribution in [3.63, 3.8) is 0 Å². The highest BCUT2D eigenvalue weighted by atomic mass is 35.5. The van der Waals surface area contributed by atoms with E-state index in [1.165, 1.54) is 10.9 Å². The number of methoxy groups -OCH3 is 1. The van der Waals surface area contributed by atoms with Gasteiger partial charge in [0.05, 0.1) is 31.1 Å². The average Bonchev–Trinajstić information content (AvgIpc) is 2.86. The van der Waals surface area contributed by atoms with Crippen molar-refractivity contribution in [3.05, 3.63) is 24.4 Å². The molecule has 0 aliphatic rings. The van der Waals surface area contributed by atoms with Gasteiger partial charge < -0.3 is 9.15 Å². The van der Waals surface area contributed by atoms with Crippen molar-refractivity contribution in [1.29, 1.82) is 0 Å². The molecule has 2 heterocycles. The second kappa shape index (κ2) is 3.71. The normalized spacial score (nSPS) is 10.4. The van der Waals surface area contributed by atoms with E-state index in [-0.39, 0.29) is 0 Å². The second-order valence-electron chi connectivity index (χ2n) is 2.58. The van der Waals surface area contributed by atoms with Gasteiger partial charge in [0.2, 0.25) is 0 Å². The van der Waals surface area contributed by atoms with Crippen LogP contribution in [0.3, 0.4) is 0 Å². The summed E-state index contributed by atoms with van der Waals surface area (Å²) >= 11 is 5.58. The number of nitrogens with zero attached hydrogens (tertiary/aromatic N) is 3. The molecule has 74 valence electrons. The summed E-state index contributed by atoms with van der Waals surface area (Å²) in [6.07, 6.45) is 4.74. The van der Waals surface area contributed by atoms with Gasteiger partial charge >= 0.3 is 6.01 Å². The fourth-order valence-corrected chi connectivity index (χ4v) is 1.10. The van der Waals surface area contributed by atoms with Crippen LogP contribution in [0, 0.1) is 0 Å². The van der Waals surface area contributed by atoms with Crippen molar-refractivity contribution in [3.8, 4) is 11.8 Å². The molecule has 0 radical (unpaired) electrons. The van der Waals surface area contributed by atoms with Crippen LogP contribution in [0.4, 0.5) is 0 Å². The van der Waals surface area contributed by atoms with E-state index < -0.39 is 0 Å². The first-order valence-corrected chi connectivity index (χ1v) is 4.46. The number of alkyl halides is 1. The molecule has 0 saturated carbocycles. The third-order valence-corrected chi connectivity index (χ3v) is 1.94. The summed E-state index contributed by atoms with van der Waals surface area (Å²) < 4.78 is 11.6. The van der Waals surface area contributed by atoms with Gasteiger partial charge in [0.25, 0.3) is 0 Å². The molecule has 0 aliphatic carbocycles. The van der Waals surface area contributed by atoms with E-state index in [1.54, 1.807) is 19.5 Å². The number of halogens is 1. The van der Waals surface area contributed by atoms with Gasteiger partial charge in [-0.1, -0.05) is 0 Å². The van der Waals surface area contributed by atoms with Crippen LogP contribution >= 0.6 is 11.6 Å². The molecule has 0 amide bonds. The van der Waals surface area contributed by atoms with Gasteiger partial charge in [-0.25, -0.2) is 0 Å². The summed E-state index contributed by atoms with van der Waals surface area (Å²) in [5.41, 5.74) is 0.677. The lowest BCUT2D eigenvalue weighted by atomic mass is 10.6. The fourth-order valence-electron chi connectivity index (χ4n) is 0.979. The molecule has 0 N–H and O–H groups in total. The van der Waals surface area contributed by atoms with Crippen LogP contribution < -0.4 is 4.74 Å². The Morgan fingerprint density at radius 3 is 3.07 bits per heavy atom. The lowest BCUT2D eigenvalue weighted by molar-refractivity contribution is 0.414. The first kappa shape index (κ1) is 9.08. The zero-order valence-electron chi connectivity index (χ0n) is 7.48. The molecule has 6 heteroatoms. The molecule has 2 rings (SSSR count). The summed E-state index contributed by atoms with van der Waals surface area (Å²) in [6, 6.07) is 0.379. The highest BCUT2D eigenvalue weighted by Crippen LogP contribution is 2.13. The van der Waals surface area contributed by atoms with E-state index >= 15 is 0 Å².